The molecule has 2 aliphatic carbocycles. The molecule has 0 radical (unpaired) electrons. The highest BCUT2D eigenvalue weighted by Crippen LogP contribution is 2.24. The van der Waals surface area contributed by atoms with Gasteiger partial charge in [-0.05, 0) is 38.0 Å². The second-order valence-electron chi connectivity index (χ2n) is 6.78. The van der Waals surface area contributed by atoms with Gasteiger partial charge in [-0.3, -0.25) is 4.90 Å². The normalized spacial score (nSPS) is 31.7. The summed E-state index contributed by atoms with van der Waals surface area (Å²) in [6.45, 7) is 6.64. The predicted molar refractivity (Wildman–Crippen MR) is 81.4 cm³/mol. The van der Waals surface area contributed by atoms with Crippen molar-refractivity contribution < 1.29 is 0 Å². The first-order valence-corrected chi connectivity index (χ1v) is 8.53. The van der Waals surface area contributed by atoms with E-state index in [1.807, 2.05) is 0 Å². The van der Waals surface area contributed by atoms with Crippen molar-refractivity contribution in [2.75, 3.05) is 32.7 Å². The summed E-state index contributed by atoms with van der Waals surface area (Å²) >= 11 is 0. The summed E-state index contributed by atoms with van der Waals surface area (Å²) in [6, 6.07) is 0.925. The van der Waals surface area contributed by atoms with Crippen LogP contribution >= 0.6 is 0 Å². The molecule has 0 aromatic rings. The van der Waals surface area contributed by atoms with Crippen LogP contribution in [0.2, 0.25) is 0 Å². The van der Waals surface area contributed by atoms with Crippen LogP contribution in [0.15, 0.2) is 12.2 Å². The van der Waals surface area contributed by atoms with E-state index in [1.165, 1.54) is 84.1 Å². The van der Waals surface area contributed by atoms with Crippen LogP contribution in [0.1, 0.15) is 51.4 Å². The smallest absolute Gasteiger partial charge is 0.0113 e. The summed E-state index contributed by atoms with van der Waals surface area (Å²) in [5, 5.41) is 0. The molecule has 0 amide bonds. The van der Waals surface area contributed by atoms with Gasteiger partial charge in [-0.15, -0.1) is 0 Å². The van der Waals surface area contributed by atoms with Gasteiger partial charge in [-0.2, -0.15) is 0 Å². The van der Waals surface area contributed by atoms with Gasteiger partial charge in [-0.1, -0.05) is 31.4 Å². The van der Waals surface area contributed by atoms with Crippen LogP contribution < -0.4 is 0 Å². The van der Waals surface area contributed by atoms with Crippen LogP contribution in [0.25, 0.3) is 0 Å². The zero-order valence-electron chi connectivity index (χ0n) is 12.4. The predicted octanol–water partition coefficient (Wildman–Crippen LogP) is 3.29. The lowest BCUT2D eigenvalue weighted by Gasteiger charge is -2.41. The maximum atomic E-state index is 2.79. The van der Waals surface area contributed by atoms with E-state index in [2.05, 4.69) is 22.0 Å². The topological polar surface area (TPSA) is 6.48 Å². The Morgan fingerprint density at radius 3 is 2.32 bits per heavy atom. The summed E-state index contributed by atoms with van der Waals surface area (Å²) in [7, 11) is 0. The third kappa shape index (κ3) is 3.82. The molecule has 108 valence electrons. The summed E-state index contributed by atoms with van der Waals surface area (Å²) in [5.41, 5.74) is 0. The molecule has 0 spiro atoms. The van der Waals surface area contributed by atoms with Crippen molar-refractivity contribution in [3.8, 4) is 0 Å². The molecule has 0 aromatic heterocycles. The molecule has 1 atom stereocenters. The van der Waals surface area contributed by atoms with Crippen molar-refractivity contribution >= 4 is 0 Å². The van der Waals surface area contributed by atoms with E-state index in [0.29, 0.717) is 0 Å². The van der Waals surface area contributed by atoms with Crippen molar-refractivity contribution in [1.82, 2.24) is 9.80 Å². The van der Waals surface area contributed by atoms with Crippen molar-refractivity contribution in [2.24, 2.45) is 5.92 Å². The molecule has 2 heteroatoms. The molecule has 0 unspecified atom stereocenters. The summed E-state index contributed by atoms with van der Waals surface area (Å²) < 4.78 is 0. The van der Waals surface area contributed by atoms with Gasteiger partial charge in [0.25, 0.3) is 0 Å². The zero-order valence-corrected chi connectivity index (χ0v) is 12.4. The van der Waals surface area contributed by atoms with Gasteiger partial charge in [0.05, 0.1) is 0 Å². The molecule has 1 heterocycles. The van der Waals surface area contributed by atoms with E-state index in [9.17, 15) is 0 Å². The molecule has 3 rings (SSSR count). The summed E-state index contributed by atoms with van der Waals surface area (Å²) in [6.07, 6.45) is 16.2. The van der Waals surface area contributed by atoms with Gasteiger partial charge in [0.1, 0.15) is 0 Å². The molecule has 1 saturated carbocycles. The lowest BCUT2D eigenvalue weighted by atomic mass is 9.92. The molecule has 19 heavy (non-hydrogen) atoms. The van der Waals surface area contributed by atoms with Gasteiger partial charge in [0.2, 0.25) is 0 Å². The zero-order chi connectivity index (χ0) is 12.9. The number of nitrogens with zero attached hydrogens (tertiary/aromatic N) is 2. The standard InChI is InChI=1S/C17H30N2/c1-3-7-16(8-4-1)15-18-11-13-19(14-12-18)17-9-5-2-6-10-17/h1,3,16-17H,2,4-15H2/t16-/m0/s1. The van der Waals surface area contributed by atoms with E-state index < -0.39 is 0 Å². The molecular weight excluding hydrogens is 232 g/mol. The van der Waals surface area contributed by atoms with Crippen LogP contribution in [0, 0.1) is 5.92 Å². The van der Waals surface area contributed by atoms with E-state index in [-0.39, 0.29) is 0 Å². The quantitative estimate of drug-likeness (QED) is 0.720. The molecule has 2 nitrogen and oxygen atoms in total. The van der Waals surface area contributed by atoms with Gasteiger partial charge >= 0.3 is 0 Å². The highest BCUT2D eigenvalue weighted by atomic mass is 15.3. The second-order valence-corrected chi connectivity index (χ2v) is 6.78. The largest absolute Gasteiger partial charge is 0.301 e. The van der Waals surface area contributed by atoms with Crippen molar-refractivity contribution in [3.63, 3.8) is 0 Å². The van der Waals surface area contributed by atoms with E-state index in [4.69, 9.17) is 0 Å². The number of rotatable bonds is 3. The Hall–Kier alpha value is -0.340. The molecule has 1 saturated heterocycles. The molecule has 3 aliphatic rings. The molecule has 0 aromatic carbocycles. The van der Waals surface area contributed by atoms with E-state index in [1.54, 1.807) is 0 Å². The highest BCUT2D eigenvalue weighted by molar-refractivity contribution is 4.91. The van der Waals surface area contributed by atoms with E-state index >= 15 is 0 Å². The Morgan fingerprint density at radius 1 is 0.842 bits per heavy atom. The fraction of sp³-hybridized carbons (Fsp3) is 0.882. The van der Waals surface area contributed by atoms with Crippen molar-refractivity contribution in [2.45, 2.75) is 57.4 Å². The Balaban J connectivity index is 1.40. The van der Waals surface area contributed by atoms with Gasteiger partial charge in [-0.25, -0.2) is 0 Å². The molecule has 0 N–H and O–H groups in total. The van der Waals surface area contributed by atoms with Crippen molar-refractivity contribution in [1.29, 1.82) is 0 Å². The fourth-order valence-electron chi connectivity index (χ4n) is 4.14. The first kappa shape index (κ1) is 13.6. The lowest BCUT2D eigenvalue weighted by Crippen LogP contribution is -2.51. The molecule has 0 bridgehead atoms. The number of hydrogen-bond acceptors (Lipinski definition) is 2. The summed E-state index contributed by atoms with van der Waals surface area (Å²) in [5.74, 6) is 0.936. The maximum absolute atomic E-state index is 2.79. The minimum absolute atomic E-state index is 0.925. The van der Waals surface area contributed by atoms with Crippen LogP contribution in [0.5, 0.6) is 0 Å². The van der Waals surface area contributed by atoms with Crippen LogP contribution in [-0.2, 0) is 0 Å². The average Bonchev–Trinajstić information content (AvgIpc) is 2.50. The first-order valence-electron chi connectivity index (χ1n) is 8.53. The average molecular weight is 262 g/mol. The monoisotopic (exact) mass is 262 g/mol. The number of allylic oxidation sites excluding steroid dienone is 2. The minimum Gasteiger partial charge on any atom is -0.301 e. The van der Waals surface area contributed by atoms with Gasteiger partial charge in [0.15, 0.2) is 0 Å². The molecular formula is C17H30N2. The van der Waals surface area contributed by atoms with Crippen LogP contribution in [0.3, 0.4) is 0 Å². The Kier molecular flexibility index (Phi) is 4.95. The molecule has 2 fully saturated rings. The van der Waals surface area contributed by atoms with Crippen LogP contribution in [-0.4, -0.2) is 48.6 Å². The third-order valence-corrected chi connectivity index (χ3v) is 5.39. The maximum Gasteiger partial charge on any atom is 0.0113 e. The highest BCUT2D eigenvalue weighted by Gasteiger charge is 2.26. The Labute approximate surface area is 118 Å². The van der Waals surface area contributed by atoms with Crippen molar-refractivity contribution in [3.05, 3.63) is 12.2 Å². The lowest BCUT2D eigenvalue weighted by molar-refractivity contribution is 0.0700. The minimum atomic E-state index is 0.925. The summed E-state index contributed by atoms with van der Waals surface area (Å²) in [4.78, 5) is 5.51. The fourth-order valence-corrected chi connectivity index (χ4v) is 4.14. The Bertz CT molecular complexity index is 286. The SMILES string of the molecule is C1=CC[C@H](CN2CCN(C3CCCCC3)CC2)CC1. The third-order valence-electron chi connectivity index (χ3n) is 5.39. The molecule has 1 aliphatic heterocycles. The van der Waals surface area contributed by atoms with Crippen LogP contribution in [0.4, 0.5) is 0 Å². The number of hydrogen-bond donors (Lipinski definition) is 0. The van der Waals surface area contributed by atoms with Gasteiger partial charge in [0, 0.05) is 38.8 Å². The van der Waals surface area contributed by atoms with E-state index in [0.717, 1.165) is 12.0 Å². The second kappa shape index (κ2) is 6.90. The Morgan fingerprint density at radius 2 is 1.63 bits per heavy atom. The number of piperazine rings is 1. The first-order chi connectivity index (χ1) is 9.42. The van der Waals surface area contributed by atoms with Gasteiger partial charge < -0.3 is 4.90 Å².